The Morgan fingerprint density at radius 1 is 1.11 bits per heavy atom. The van der Waals surface area contributed by atoms with Gasteiger partial charge in [-0.1, -0.05) is 50.6 Å². The van der Waals surface area contributed by atoms with Crippen molar-refractivity contribution in [2.24, 2.45) is 17.8 Å². The minimum atomic E-state index is -0.522. The summed E-state index contributed by atoms with van der Waals surface area (Å²) in [7, 11) is 0. The molecule has 1 saturated heterocycles. The summed E-state index contributed by atoms with van der Waals surface area (Å²) >= 11 is 0. The molecule has 5 rings (SSSR count). The second-order valence-corrected chi connectivity index (χ2v) is 11.3. The fraction of sp³-hybridized carbons (Fsp3) is 0.581. The van der Waals surface area contributed by atoms with Gasteiger partial charge in [0.15, 0.2) is 0 Å². The van der Waals surface area contributed by atoms with Crippen LogP contribution in [0.25, 0.3) is 10.8 Å². The number of ether oxygens (including phenoxy) is 2. The van der Waals surface area contributed by atoms with Gasteiger partial charge in [0.2, 0.25) is 17.7 Å². The molecule has 2 amide bonds. The lowest BCUT2D eigenvalue weighted by Crippen LogP contribution is -2.47. The fourth-order valence-electron chi connectivity index (χ4n) is 6.04. The van der Waals surface area contributed by atoms with Gasteiger partial charge in [-0.15, -0.1) is 0 Å². The normalized spacial score (nSPS) is 31.0. The zero-order valence-corrected chi connectivity index (χ0v) is 22.9. The Kier molecular flexibility index (Phi) is 8.20. The van der Waals surface area contributed by atoms with Gasteiger partial charge in [-0.3, -0.25) is 9.59 Å². The molecule has 1 aromatic heterocycles. The number of nitrogens with zero attached hydrogens (tertiary/aromatic N) is 2. The molecule has 0 radical (unpaired) electrons. The number of amides is 2. The van der Waals surface area contributed by atoms with E-state index in [9.17, 15) is 9.59 Å². The Morgan fingerprint density at radius 3 is 2.71 bits per heavy atom. The highest BCUT2D eigenvalue weighted by Crippen LogP contribution is 2.35. The smallest absolute Gasteiger partial charge is 0.243 e. The maximum Gasteiger partial charge on any atom is 0.243 e. The Hall–Kier alpha value is -3.09. The number of hydrogen-bond acceptors (Lipinski definition) is 5. The number of fused-ring (bicyclic) bond motifs is 3. The molecule has 2 aromatic rings. The maximum absolute atomic E-state index is 13.6. The van der Waals surface area contributed by atoms with Crippen molar-refractivity contribution < 1.29 is 19.1 Å². The van der Waals surface area contributed by atoms with E-state index in [2.05, 4.69) is 36.3 Å². The number of allylic oxidation sites excluding steroid dienone is 1. The van der Waals surface area contributed by atoms with Crippen LogP contribution < -0.4 is 14.8 Å². The van der Waals surface area contributed by atoms with Crippen LogP contribution in [0, 0.1) is 17.8 Å². The molecule has 7 nitrogen and oxygen atoms in total. The summed E-state index contributed by atoms with van der Waals surface area (Å²) in [6.07, 6.45) is 12.0. The van der Waals surface area contributed by atoms with Gasteiger partial charge in [0.25, 0.3) is 0 Å². The van der Waals surface area contributed by atoms with Gasteiger partial charge < -0.3 is 19.7 Å². The summed E-state index contributed by atoms with van der Waals surface area (Å²) in [6.45, 7) is 7.35. The predicted octanol–water partition coefficient (Wildman–Crippen LogP) is 5.28. The number of hydrogen-bond donors (Lipinski definition) is 1. The topological polar surface area (TPSA) is 80.8 Å². The van der Waals surface area contributed by atoms with Gasteiger partial charge in [-0.25, -0.2) is 4.98 Å². The van der Waals surface area contributed by atoms with Crippen LogP contribution in [-0.2, 0) is 9.59 Å². The van der Waals surface area contributed by atoms with Crippen molar-refractivity contribution in [2.45, 2.75) is 83.9 Å². The van der Waals surface area contributed by atoms with Gasteiger partial charge in [-0.2, -0.15) is 0 Å². The van der Waals surface area contributed by atoms with E-state index in [-0.39, 0.29) is 24.0 Å². The van der Waals surface area contributed by atoms with E-state index < -0.39 is 6.04 Å². The van der Waals surface area contributed by atoms with Crippen molar-refractivity contribution in [3.05, 3.63) is 42.6 Å². The molecule has 4 unspecified atom stereocenters. The molecular formula is C31H41N3O4. The standard InChI is InChI=1S/C31H41N3O4/c1-4-21-14-20(3)10-6-7-11-22-16-26(22)33-30(36)27-17-23(19-34(27)29(35)15-21)38-31-25-13-9-8-12-24(25)28(18-32-31)37-5-2/h7-9,11-13,18,20-23,26-27H,4-6,10,14-17,19H2,1-3H3,(H,33,36)/b11-7-/t20?,21?,22-,23-,26?,27?/m1/s1. The van der Waals surface area contributed by atoms with Crippen LogP contribution >= 0.6 is 0 Å². The van der Waals surface area contributed by atoms with E-state index in [0.29, 0.717) is 49.6 Å². The number of carbonyl (C=O) groups is 2. The zero-order valence-electron chi connectivity index (χ0n) is 22.9. The lowest BCUT2D eigenvalue weighted by molar-refractivity contribution is -0.139. The minimum absolute atomic E-state index is 0.0557. The maximum atomic E-state index is 13.6. The highest BCUT2D eigenvalue weighted by molar-refractivity contribution is 5.92. The molecule has 3 heterocycles. The molecule has 1 N–H and O–H groups in total. The largest absolute Gasteiger partial charge is 0.492 e. The van der Waals surface area contributed by atoms with Crippen LogP contribution in [0.4, 0.5) is 0 Å². The SMILES string of the molecule is CCOc1cnc(O[C@@H]2CC3C(=O)NC4C[C@H]4/C=C\CCC(C)CC(CC)CC(=O)N3C2)c2ccccc12. The van der Waals surface area contributed by atoms with Crippen molar-refractivity contribution in [1.29, 1.82) is 0 Å². The first kappa shape index (κ1) is 26.5. The molecule has 1 aliphatic carbocycles. The molecule has 38 heavy (non-hydrogen) atoms. The van der Waals surface area contributed by atoms with Crippen LogP contribution in [0.5, 0.6) is 11.6 Å². The average molecular weight is 520 g/mol. The second kappa shape index (κ2) is 11.7. The summed E-state index contributed by atoms with van der Waals surface area (Å²) in [5, 5.41) is 5.02. The van der Waals surface area contributed by atoms with Crippen molar-refractivity contribution in [2.75, 3.05) is 13.2 Å². The Morgan fingerprint density at radius 2 is 1.92 bits per heavy atom. The number of pyridine rings is 1. The highest BCUT2D eigenvalue weighted by Gasteiger charge is 2.44. The number of nitrogens with one attached hydrogen (secondary N) is 1. The van der Waals surface area contributed by atoms with E-state index in [0.717, 1.165) is 48.6 Å². The van der Waals surface area contributed by atoms with Crippen molar-refractivity contribution >= 4 is 22.6 Å². The molecule has 2 aliphatic heterocycles. The van der Waals surface area contributed by atoms with E-state index in [4.69, 9.17) is 9.47 Å². The van der Waals surface area contributed by atoms with Gasteiger partial charge in [-0.05, 0) is 56.4 Å². The fourth-order valence-corrected chi connectivity index (χ4v) is 6.04. The number of benzene rings is 1. The van der Waals surface area contributed by atoms with Crippen molar-refractivity contribution in [1.82, 2.24) is 15.2 Å². The molecule has 6 atom stereocenters. The average Bonchev–Trinajstić information content (AvgIpc) is 3.50. The first-order valence-corrected chi connectivity index (χ1v) is 14.4. The third-order valence-corrected chi connectivity index (χ3v) is 8.34. The highest BCUT2D eigenvalue weighted by atomic mass is 16.5. The molecular weight excluding hydrogens is 478 g/mol. The first-order valence-electron chi connectivity index (χ1n) is 14.4. The van der Waals surface area contributed by atoms with E-state index in [1.807, 2.05) is 31.2 Å². The van der Waals surface area contributed by atoms with E-state index >= 15 is 0 Å². The van der Waals surface area contributed by atoms with Crippen LogP contribution in [0.15, 0.2) is 42.6 Å². The molecule has 1 saturated carbocycles. The van der Waals surface area contributed by atoms with Gasteiger partial charge in [0.1, 0.15) is 17.9 Å². The lowest BCUT2D eigenvalue weighted by Gasteiger charge is -2.26. The Labute approximate surface area is 226 Å². The summed E-state index contributed by atoms with van der Waals surface area (Å²) in [5.74, 6) is 2.52. The van der Waals surface area contributed by atoms with Crippen molar-refractivity contribution in [3.8, 4) is 11.6 Å². The van der Waals surface area contributed by atoms with Crippen LogP contribution in [-0.4, -0.2) is 53.0 Å². The second-order valence-electron chi connectivity index (χ2n) is 11.3. The summed E-state index contributed by atoms with van der Waals surface area (Å²) in [6, 6.07) is 7.53. The zero-order chi connectivity index (χ0) is 26.6. The third-order valence-electron chi connectivity index (χ3n) is 8.34. The lowest BCUT2D eigenvalue weighted by atomic mass is 9.88. The monoisotopic (exact) mass is 519 g/mol. The summed E-state index contributed by atoms with van der Waals surface area (Å²) in [5.41, 5.74) is 0. The van der Waals surface area contributed by atoms with Crippen LogP contribution in [0.1, 0.15) is 65.7 Å². The Balaban J connectivity index is 1.37. The molecule has 3 aliphatic rings. The molecule has 204 valence electrons. The number of rotatable bonds is 5. The van der Waals surface area contributed by atoms with Crippen LogP contribution in [0.3, 0.4) is 0 Å². The quantitative estimate of drug-likeness (QED) is 0.544. The first-order chi connectivity index (χ1) is 18.5. The van der Waals surface area contributed by atoms with Crippen molar-refractivity contribution in [3.63, 3.8) is 0 Å². The minimum Gasteiger partial charge on any atom is -0.492 e. The summed E-state index contributed by atoms with van der Waals surface area (Å²) in [4.78, 5) is 33.4. The van der Waals surface area contributed by atoms with Crippen LogP contribution in [0.2, 0.25) is 0 Å². The molecule has 0 spiro atoms. The molecule has 7 heteroatoms. The van der Waals surface area contributed by atoms with Gasteiger partial charge in [0.05, 0.1) is 19.3 Å². The molecule has 2 fully saturated rings. The molecule has 0 bridgehead atoms. The predicted molar refractivity (Wildman–Crippen MR) is 148 cm³/mol. The van der Waals surface area contributed by atoms with Gasteiger partial charge in [0, 0.05) is 29.7 Å². The summed E-state index contributed by atoms with van der Waals surface area (Å²) < 4.78 is 12.2. The molecule has 1 aromatic carbocycles. The van der Waals surface area contributed by atoms with E-state index in [1.165, 1.54) is 0 Å². The van der Waals surface area contributed by atoms with E-state index in [1.54, 1.807) is 11.1 Å². The third kappa shape index (κ3) is 5.97. The Bertz CT molecular complexity index is 1180. The number of carbonyl (C=O) groups excluding carboxylic acids is 2. The van der Waals surface area contributed by atoms with Gasteiger partial charge >= 0.3 is 0 Å². The number of aromatic nitrogens is 1.